The van der Waals surface area contributed by atoms with Crippen molar-refractivity contribution in [3.63, 3.8) is 0 Å². The summed E-state index contributed by atoms with van der Waals surface area (Å²) in [6.45, 7) is 7.72. The van der Waals surface area contributed by atoms with Crippen molar-refractivity contribution >= 4 is 60.5 Å². The zero-order valence-corrected chi connectivity index (χ0v) is 49.6. The maximum atomic E-state index is 12.7. The number of ether oxygens (including phenoxy) is 6. The number of benzene rings is 2. The Morgan fingerprint density at radius 2 is 1.17 bits per heavy atom. The minimum atomic E-state index is -5.49. The first-order valence-corrected chi connectivity index (χ1v) is 27.5. The van der Waals surface area contributed by atoms with Gasteiger partial charge < -0.3 is 86.2 Å². The summed E-state index contributed by atoms with van der Waals surface area (Å²) in [6.07, 6.45) is -8.10. The van der Waals surface area contributed by atoms with Crippen molar-refractivity contribution in [1.29, 1.82) is 0 Å². The molecule has 1 aliphatic rings. The molecule has 2 aromatic heterocycles. The molecule has 35 heteroatoms. The molecule has 1 saturated heterocycles. The van der Waals surface area contributed by atoms with Gasteiger partial charge in [-0.3, -0.25) is 19.1 Å². The molecule has 0 radical (unpaired) electrons. The van der Waals surface area contributed by atoms with Crippen LogP contribution in [0, 0.1) is 0 Å². The van der Waals surface area contributed by atoms with E-state index in [0.717, 1.165) is 6.20 Å². The van der Waals surface area contributed by atoms with E-state index in [1.54, 1.807) is 27.7 Å². The smallest absolute Gasteiger partial charge is 0.776 e. The second-order valence-electron chi connectivity index (χ2n) is 16.2. The zero-order chi connectivity index (χ0) is 56.3. The van der Waals surface area contributed by atoms with E-state index in [9.17, 15) is 65.8 Å². The molecule has 3 heterocycles. The quantitative estimate of drug-likeness (QED) is 0.0256. The summed E-state index contributed by atoms with van der Waals surface area (Å²) in [6, 6.07) is 16.7. The molecule has 0 saturated carbocycles. The SMILES string of the molecule is CC(C)OC(=O)Oc1ccccc1C(Cl)OC(=O)OC(C)(C)C(F)(F)F.CC(C)OC(=O)Oc1ccccc1C1OP(=O)([O-])C(O)(Cc2cccnc2)P(=O)([O-])O1.O=P(O)(O)C(O)(Cc1cccnc1)P(=O)(O)O.[Na+].[Na+]. The van der Waals surface area contributed by atoms with Gasteiger partial charge in [0.25, 0.3) is 5.08 Å². The number of rotatable bonds is 14. The standard InChI is InChI=1S/C18H21NO10P2.C16H18ClF3O6.C7H11NO7P2.2Na/c1-12(2)26-17(20)27-15-8-4-3-7-14(15)16-28-30(22,23)18(21,31(24,25)29-16)10-13-6-5-9-19-11-13;1-9(2)23-13(21)24-11-8-6-5-7-10(11)12(17)25-14(22)26-15(3,4)16(18,19)20;9-7(16(10,11)12,17(13,14)15)4-6-2-1-3-8-5-6;;/h3-9,11-12,16,21H,10H2,1-2H3,(H,22,23)(H,24,25);5-9,12H,1-4H3;1-3,5,9H,4H2,(H2,10,11,12)(H2,13,14,15);;/q;;;2*+1/p-2. The Morgan fingerprint density at radius 1 is 0.737 bits per heavy atom. The number of nitrogens with zero attached hydrogens (tertiary/aromatic N) is 2. The topological polar surface area (TPSA) is 387 Å². The van der Waals surface area contributed by atoms with Crippen LogP contribution in [0.4, 0.5) is 27.6 Å². The summed E-state index contributed by atoms with van der Waals surface area (Å²) in [7, 11) is -21.8. The van der Waals surface area contributed by atoms with Crippen LogP contribution in [0.3, 0.4) is 0 Å². The van der Waals surface area contributed by atoms with E-state index in [2.05, 4.69) is 19.4 Å². The first kappa shape index (κ1) is 71.2. The minimum Gasteiger partial charge on any atom is -0.776 e. The average Bonchev–Trinajstić information content (AvgIpc) is 3.25. The summed E-state index contributed by atoms with van der Waals surface area (Å²) < 4.78 is 124. The first-order chi connectivity index (χ1) is 33.9. The van der Waals surface area contributed by atoms with Crippen LogP contribution in [0.1, 0.15) is 75.6 Å². The number of pyridine rings is 2. The molecule has 0 aliphatic carbocycles. The molecule has 5 rings (SSSR count). The van der Waals surface area contributed by atoms with Crippen LogP contribution in [0.25, 0.3) is 0 Å². The van der Waals surface area contributed by atoms with Gasteiger partial charge in [0.15, 0.2) is 26.6 Å². The Bertz CT molecular complexity index is 2710. The molecule has 1 aliphatic heterocycles. The van der Waals surface area contributed by atoms with Crippen LogP contribution in [0.15, 0.2) is 97.6 Å². The van der Waals surface area contributed by atoms with Gasteiger partial charge in [-0.1, -0.05) is 60.1 Å². The predicted molar refractivity (Wildman–Crippen MR) is 244 cm³/mol. The molecule has 25 nitrogen and oxygen atoms in total. The van der Waals surface area contributed by atoms with E-state index in [4.69, 9.17) is 59.2 Å². The largest absolute Gasteiger partial charge is 1.00 e. The van der Waals surface area contributed by atoms with Gasteiger partial charge in [0, 0.05) is 37.6 Å². The van der Waals surface area contributed by atoms with Gasteiger partial charge >= 0.3 is 98.9 Å². The monoisotopic (exact) mass is 1200 g/mol. The Kier molecular flexibility index (Phi) is 27.2. The van der Waals surface area contributed by atoms with E-state index in [1.165, 1.54) is 91.4 Å². The number of aliphatic hydroxyl groups is 2. The minimum absolute atomic E-state index is 0. The second kappa shape index (κ2) is 29.0. The van der Waals surface area contributed by atoms with Gasteiger partial charge in [-0.2, -0.15) is 13.2 Å². The Morgan fingerprint density at radius 3 is 1.61 bits per heavy atom. The van der Waals surface area contributed by atoms with Crippen LogP contribution in [0.2, 0.25) is 0 Å². The number of hydrogen-bond acceptors (Lipinski definition) is 21. The Hall–Kier alpha value is -2.85. The molecule has 6 N–H and O–H groups in total. The van der Waals surface area contributed by atoms with Crippen molar-refractivity contribution in [2.45, 2.75) is 100 Å². The molecule has 3 atom stereocenters. The van der Waals surface area contributed by atoms with Crippen LogP contribution in [-0.4, -0.2) is 92.4 Å². The molecule has 0 spiro atoms. The van der Waals surface area contributed by atoms with Crippen molar-refractivity contribution in [3.8, 4) is 11.5 Å². The Labute approximate surface area is 480 Å². The number of alkyl halides is 4. The Balaban J connectivity index is 0.000000586. The zero-order valence-electron chi connectivity index (χ0n) is 41.3. The van der Waals surface area contributed by atoms with Crippen molar-refractivity contribution in [3.05, 3.63) is 120 Å². The van der Waals surface area contributed by atoms with Gasteiger partial charge in [-0.05, 0) is 76.9 Å². The van der Waals surface area contributed by atoms with Gasteiger partial charge in [0.2, 0.25) is 11.2 Å². The van der Waals surface area contributed by atoms with Crippen LogP contribution in [-0.2, 0) is 59.1 Å². The van der Waals surface area contributed by atoms with E-state index in [0.29, 0.717) is 13.8 Å². The van der Waals surface area contributed by atoms with E-state index in [-0.39, 0.29) is 92.9 Å². The fourth-order valence-electron chi connectivity index (χ4n) is 5.41. The van der Waals surface area contributed by atoms with Crippen molar-refractivity contribution in [1.82, 2.24) is 9.97 Å². The third-order valence-electron chi connectivity index (χ3n) is 9.22. The molecule has 3 unspecified atom stereocenters. The van der Waals surface area contributed by atoms with Gasteiger partial charge in [0.05, 0.1) is 23.3 Å². The number of para-hydroxylation sites is 2. The summed E-state index contributed by atoms with van der Waals surface area (Å²) in [5, 5.41) is 13.4. The normalized spacial score (nSPS) is 20.1. The van der Waals surface area contributed by atoms with E-state index in [1.807, 2.05) is 0 Å². The van der Waals surface area contributed by atoms with Crippen molar-refractivity contribution < 1.29 is 182 Å². The van der Waals surface area contributed by atoms with E-state index < -0.39 is 108 Å². The molecule has 76 heavy (non-hydrogen) atoms. The number of carbonyl (C=O) groups is 3. The van der Waals surface area contributed by atoms with Crippen LogP contribution in [0.5, 0.6) is 11.5 Å². The number of hydrogen-bond donors (Lipinski definition) is 6. The van der Waals surface area contributed by atoms with Gasteiger partial charge in [0.1, 0.15) is 11.5 Å². The maximum absolute atomic E-state index is 12.7. The molecule has 0 amide bonds. The summed E-state index contributed by atoms with van der Waals surface area (Å²) >= 11 is 5.90. The average molecular weight is 1200 g/mol. The van der Waals surface area contributed by atoms with Crippen molar-refractivity contribution in [2.24, 2.45) is 0 Å². The van der Waals surface area contributed by atoms with Crippen LogP contribution < -0.4 is 78.4 Å². The molecule has 1 fully saturated rings. The van der Waals surface area contributed by atoms with Crippen molar-refractivity contribution in [2.75, 3.05) is 0 Å². The third kappa shape index (κ3) is 19.7. The third-order valence-corrected chi connectivity index (χ3v) is 17.8. The molecular weight excluding hydrogens is 1150 g/mol. The maximum Gasteiger partial charge on any atom is 1.00 e. The molecule has 2 aromatic carbocycles. The number of halogens is 4. The fourth-order valence-corrected chi connectivity index (χ4v) is 11.3. The predicted octanol–water partition coefficient (Wildman–Crippen LogP) is 1.02. The number of carbonyl (C=O) groups excluding carboxylic acids is 3. The first-order valence-electron chi connectivity index (χ1n) is 20.7. The van der Waals surface area contributed by atoms with Crippen LogP contribution >= 0.6 is 42.0 Å². The molecule has 4 aromatic rings. The van der Waals surface area contributed by atoms with E-state index >= 15 is 0 Å². The molecule has 410 valence electrons. The fraction of sp³-hybridized carbons (Fsp3) is 0.390. The van der Waals surface area contributed by atoms with Gasteiger partial charge in [-0.15, -0.1) is 0 Å². The number of aromatic nitrogens is 2. The molecule has 0 bridgehead atoms. The summed E-state index contributed by atoms with van der Waals surface area (Å²) in [4.78, 5) is 103. The summed E-state index contributed by atoms with van der Waals surface area (Å²) in [5.41, 5.74) is -4.28. The van der Waals surface area contributed by atoms with Gasteiger partial charge in [-0.25, -0.2) is 14.4 Å². The summed E-state index contributed by atoms with van der Waals surface area (Å²) in [5.74, 6) is -0.322. The second-order valence-corrected chi connectivity index (χ2v) is 24.8. The molecular formula is C41H48ClF3N2Na2O23P4.